The molecule has 0 unspecified atom stereocenters. The molecule has 4 nitrogen and oxygen atoms in total. The fraction of sp³-hybridized carbons (Fsp3) is 0.0769. The Labute approximate surface area is 113 Å². The van der Waals surface area contributed by atoms with Crippen molar-refractivity contribution in [2.75, 3.05) is 0 Å². The number of nitrogens with zero attached hydrogens (tertiary/aromatic N) is 1. The summed E-state index contributed by atoms with van der Waals surface area (Å²) in [5, 5.41) is 3.85. The fourth-order valence-electron chi connectivity index (χ4n) is 1.36. The SMILES string of the molecule is O=C(N/N=C/Cc1ccccc1)c1ccc(Br)o1. The summed E-state index contributed by atoms with van der Waals surface area (Å²) in [7, 11) is 0. The number of furan rings is 1. The summed E-state index contributed by atoms with van der Waals surface area (Å²) >= 11 is 3.13. The minimum atomic E-state index is -0.370. The Balaban J connectivity index is 1.83. The van der Waals surface area contributed by atoms with Crippen LogP contribution in [0.3, 0.4) is 0 Å². The average molecular weight is 307 g/mol. The van der Waals surface area contributed by atoms with E-state index >= 15 is 0 Å². The van der Waals surface area contributed by atoms with Crippen molar-refractivity contribution >= 4 is 28.1 Å². The van der Waals surface area contributed by atoms with Gasteiger partial charge in [-0.2, -0.15) is 5.10 Å². The maximum atomic E-state index is 11.5. The first-order valence-electron chi connectivity index (χ1n) is 5.37. The Kier molecular flexibility index (Phi) is 4.30. The number of hydrazone groups is 1. The van der Waals surface area contributed by atoms with Gasteiger partial charge in [0.05, 0.1) is 0 Å². The maximum absolute atomic E-state index is 11.5. The van der Waals surface area contributed by atoms with Gasteiger partial charge in [-0.25, -0.2) is 5.43 Å². The standard InChI is InChI=1S/C13H11BrN2O2/c14-12-7-6-11(18-12)13(17)16-15-9-8-10-4-2-1-3-5-10/h1-7,9H,8H2,(H,16,17)/b15-9+. The molecule has 0 fully saturated rings. The quantitative estimate of drug-likeness (QED) is 0.697. The summed E-state index contributed by atoms with van der Waals surface area (Å²) in [4.78, 5) is 11.5. The lowest BCUT2D eigenvalue weighted by atomic mass is 10.2. The zero-order valence-electron chi connectivity index (χ0n) is 9.47. The van der Waals surface area contributed by atoms with Gasteiger partial charge in [0.1, 0.15) is 0 Å². The predicted molar refractivity (Wildman–Crippen MR) is 72.5 cm³/mol. The van der Waals surface area contributed by atoms with E-state index in [0.29, 0.717) is 11.1 Å². The zero-order valence-corrected chi connectivity index (χ0v) is 11.1. The molecule has 18 heavy (non-hydrogen) atoms. The van der Waals surface area contributed by atoms with E-state index in [9.17, 15) is 4.79 Å². The molecule has 0 saturated heterocycles. The summed E-state index contributed by atoms with van der Waals surface area (Å²) in [6.45, 7) is 0. The van der Waals surface area contributed by atoms with Gasteiger partial charge in [0.2, 0.25) is 0 Å². The second kappa shape index (κ2) is 6.16. The molecular weight excluding hydrogens is 296 g/mol. The molecule has 2 aromatic rings. The molecule has 1 amide bonds. The van der Waals surface area contributed by atoms with Crippen molar-refractivity contribution in [3.05, 3.63) is 58.5 Å². The Morgan fingerprint density at radius 2 is 2.06 bits per heavy atom. The van der Waals surface area contributed by atoms with Gasteiger partial charge >= 0.3 is 5.91 Å². The summed E-state index contributed by atoms with van der Waals surface area (Å²) in [6.07, 6.45) is 2.31. The maximum Gasteiger partial charge on any atom is 0.307 e. The van der Waals surface area contributed by atoms with Crippen LogP contribution in [0.1, 0.15) is 16.1 Å². The summed E-state index contributed by atoms with van der Waals surface area (Å²) < 4.78 is 5.61. The number of rotatable bonds is 4. The minimum absolute atomic E-state index is 0.221. The highest BCUT2D eigenvalue weighted by Crippen LogP contribution is 2.13. The Hall–Kier alpha value is -1.88. The zero-order chi connectivity index (χ0) is 12.8. The number of hydrogen-bond acceptors (Lipinski definition) is 3. The topological polar surface area (TPSA) is 54.6 Å². The van der Waals surface area contributed by atoms with E-state index in [1.165, 1.54) is 0 Å². The van der Waals surface area contributed by atoms with E-state index < -0.39 is 0 Å². The van der Waals surface area contributed by atoms with E-state index in [-0.39, 0.29) is 11.7 Å². The largest absolute Gasteiger partial charge is 0.444 e. The fourth-order valence-corrected chi connectivity index (χ4v) is 1.67. The van der Waals surface area contributed by atoms with Crippen LogP contribution in [0.5, 0.6) is 0 Å². The third kappa shape index (κ3) is 3.56. The number of carbonyl (C=O) groups is 1. The highest BCUT2D eigenvalue weighted by atomic mass is 79.9. The van der Waals surface area contributed by atoms with Gasteiger partial charge in [0.15, 0.2) is 10.4 Å². The molecule has 2 rings (SSSR count). The number of benzene rings is 1. The molecule has 0 spiro atoms. The monoisotopic (exact) mass is 306 g/mol. The second-order valence-corrected chi connectivity index (χ2v) is 4.33. The van der Waals surface area contributed by atoms with E-state index in [4.69, 9.17) is 4.42 Å². The number of amides is 1. The third-order valence-corrected chi connectivity index (χ3v) is 2.65. The normalized spacial score (nSPS) is 10.7. The smallest absolute Gasteiger partial charge is 0.307 e. The van der Waals surface area contributed by atoms with Crippen LogP contribution in [-0.2, 0) is 6.42 Å². The molecule has 1 aromatic carbocycles. The first-order chi connectivity index (χ1) is 8.75. The van der Waals surface area contributed by atoms with Crippen LogP contribution >= 0.6 is 15.9 Å². The van der Waals surface area contributed by atoms with Gasteiger partial charge in [-0.3, -0.25) is 4.79 Å². The Morgan fingerprint density at radius 3 is 2.72 bits per heavy atom. The van der Waals surface area contributed by atoms with E-state index in [0.717, 1.165) is 5.56 Å². The lowest BCUT2D eigenvalue weighted by Crippen LogP contribution is -2.16. The number of nitrogens with one attached hydrogen (secondary N) is 1. The molecule has 0 radical (unpaired) electrons. The highest BCUT2D eigenvalue weighted by Gasteiger charge is 2.08. The molecule has 0 aliphatic heterocycles. The van der Waals surface area contributed by atoms with Crippen LogP contribution in [-0.4, -0.2) is 12.1 Å². The van der Waals surface area contributed by atoms with E-state index in [2.05, 4.69) is 26.5 Å². The summed E-state index contributed by atoms with van der Waals surface area (Å²) in [5.74, 6) is -0.149. The van der Waals surface area contributed by atoms with Crippen LogP contribution in [0.4, 0.5) is 0 Å². The molecule has 1 aromatic heterocycles. The van der Waals surface area contributed by atoms with Gasteiger partial charge in [-0.05, 0) is 33.6 Å². The summed E-state index contributed by atoms with van der Waals surface area (Å²) in [6, 6.07) is 13.1. The Morgan fingerprint density at radius 1 is 1.28 bits per heavy atom. The molecule has 0 saturated carbocycles. The van der Waals surface area contributed by atoms with Crippen LogP contribution in [0, 0.1) is 0 Å². The lowest BCUT2D eigenvalue weighted by Gasteiger charge is -1.96. The second-order valence-electron chi connectivity index (χ2n) is 3.55. The van der Waals surface area contributed by atoms with E-state index in [1.54, 1.807) is 18.3 Å². The molecule has 0 bridgehead atoms. The molecule has 5 heteroatoms. The molecule has 92 valence electrons. The van der Waals surface area contributed by atoms with Crippen molar-refractivity contribution in [2.24, 2.45) is 5.10 Å². The van der Waals surface area contributed by atoms with Crippen LogP contribution in [0.25, 0.3) is 0 Å². The summed E-state index contributed by atoms with van der Waals surface area (Å²) in [5.41, 5.74) is 3.53. The third-order valence-electron chi connectivity index (χ3n) is 2.22. The molecule has 0 atom stereocenters. The molecule has 0 aliphatic rings. The van der Waals surface area contributed by atoms with Gasteiger partial charge in [-0.15, -0.1) is 0 Å². The van der Waals surface area contributed by atoms with Crippen LogP contribution in [0.15, 0.2) is 56.7 Å². The molecule has 0 aliphatic carbocycles. The number of hydrogen-bond donors (Lipinski definition) is 1. The molecule has 1 heterocycles. The lowest BCUT2D eigenvalue weighted by molar-refractivity contribution is 0.0926. The van der Waals surface area contributed by atoms with Crippen molar-refractivity contribution in [3.63, 3.8) is 0 Å². The van der Waals surface area contributed by atoms with Crippen molar-refractivity contribution in [2.45, 2.75) is 6.42 Å². The van der Waals surface area contributed by atoms with E-state index in [1.807, 2.05) is 30.3 Å². The van der Waals surface area contributed by atoms with Crippen molar-refractivity contribution < 1.29 is 9.21 Å². The first kappa shape index (κ1) is 12.6. The van der Waals surface area contributed by atoms with Gasteiger partial charge in [-0.1, -0.05) is 30.3 Å². The minimum Gasteiger partial charge on any atom is -0.444 e. The van der Waals surface area contributed by atoms with Crippen LogP contribution < -0.4 is 5.43 Å². The van der Waals surface area contributed by atoms with Crippen LogP contribution in [0.2, 0.25) is 0 Å². The van der Waals surface area contributed by atoms with Crippen molar-refractivity contribution in [1.82, 2.24) is 5.43 Å². The molecule has 1 N–H and O–H groups in total. The Bertz CT molecular complexity index is 549. The number of halogens is 1. The van der Waals surface area contributed by atoms with Crippen molar-refractivity contribution in [3.8, 4) is 0 Å². The van der Waals surface area contributed by atoms with Crippen molar-refractivity contribution in [1.29, 1.82) is 0 Å². The highest BCUT2D eigenvalue weighted by molar-refractivity contribution is 9.10. The number of carbonyl (C=O) groups excluding carboxylic acids is 1. The van der Waals surface area contributed by atoms with Gasteiger partial charge in [0, 0.05) is 12.6 Å². The van der Waals surface area contributed by atoms with Gasteiger partial charge in [0.25, 0.3) is 0 Å². The predicted octanol–water partition coefficient (Wildman–Crippen LogP) is 3.00. The van der Waals surface area contributed by atoms with Gasteiger partial charge < -0.3 is 4.42 Å². The molecular formula is C13H11BrN2O2. The first-order valence-corrected chi connectivity index (χ1v) is 6.16. The average Bonchev–Trinajstić information content (AvgIpc) is 2.82.